The lowest BCUT2D eigenvalue weighted by Crippen LogP contribution is -2.17. The number of hydrogen-bond donors (Lipinski definition) is 1. The molecular weight excluding hydrogens is 376 g/mol. The second kappa shape index (κ2) is 8.31. The molecule has 1 aliphatic rings. The van der Waals surface area contributed by atoms with Crippen LogP contribution in [0.5, 0.6) is 17.2 Å². The molecule has 0 aliphatic carbocycles. The minimum atomic E-state index is -0.235. The maximum Gasteiger partial charge on any atom is 0.257 e. The second-order valence-corrected chi connectivity index (χ2v) is 7.08. The molecule has 0 radical (unpaired) electrons. The Morgan fingerprint density at radius 3 is 2.71 bits per heavy atom. The van der Waals surface area contributed by atoms with E-state index in [4.69, 9.17) is 14.2 Å². The quantitative estimate of drug-likeness (QED) is 0.658. The van der Waals surface area contributed by atoms with Crippen molar-refractivity contribution >= 4 is 22.4 Å². The molecule has 0 spiro atoms. The van der Waals surface area contributed by atoms with Gasteiger partial charge in [0.15, 0.2) is 16.6 Å². The predicted molar refractivity (Wildman–Crippen MR) is 109 cm³/mol. The van der Waals surface area contributed by atoms with Gasteiger partial charge in [0.25, 0.3) is 5.91 Å². The van der Waals surface area contributed by atoms with Crippen molar-refractivity contribution < 1.29 is 19.0 Å². The summed E-state index contributed by atoms with van der Waals surface area (Å²) in [5.74, 6) is 1.85. The first-order valence-corrected chi connectivity index (χ1v) is 10.0. The number of carbonyl (C=O) groups excluding carboxylic acids is 1. The summed E-state index contributed by atoms with van der Waals surface area (Å²) in [5, 5.41) is 5.30. The van der Waals surface area contributed by atoms with Crippen LogP contribution in [0.25, 0.3) is 11.3 Å². The average molecular weight is 396 g/mol. The van der Waals surface area contributed by atoms with Crippen molar-refractivity contribution in [3.63, 3.8) is 0 Å². The van der Waals surface area contributed by atoms with E-state index in [2.05, 4.69) is 17.2 Å². The van der Waals surface area contributed by atoms with E-state index in [1.807, 2.05) is 29.6 Å². The Bertz CT molecular complexity index is 969. The Labute approximate surface area is 167 Å². The summed E-state index contributed by atoms with van der Waals surface area (Å²) in [4.78, 5) is 17.0. The van der Waals surface area contributed by atoms with E-state index in [9.17, 15) is 4.79 Å². The molecule has 0 saturated carbocycles. The van der Waals surface area contributed by atoms with Crippen LogP contribution in [0, 0.1) is 0 Å². The van der Waals surface area contributed by atoms with Crippen molar-refractivity contribution in [2.45, 2.75) is 13.3 Å². The molecule has 2 heterocycles. The molecule has 144 valence electrons. The number of carbonyl (C=O) groups is 1. The molecule has 1 amide bonds. The number of nitrogens with one attached hydrogen (secondary N) is 1. The zero-order valence-corrected chi connectivity index (χ0v) is 16.3. The molecule has 0 saturated heterocycles. The van der Waals surface area contributed by atoms with Gasteiger partial charge in [0, 0.05) is 16.5 Å². The zero-order valence-electron chi connectivity index (χ0n) is 15.4. The van der Waals surface area contributed by atoms with Crippen LogP contribution in [0.3, 0.4) is 0 Å². The van der Waals surface area contributed by atoms with Crippen LogP contribution in [-0.4, -0.2) is 30.7 Å². The molecule has 1 aliphatic heterocycles. The lowest BCUT2D eigenvalue weighted by atomic mass is 10.2. The molecule has 4 rings (SSSR count). The lowest BCUT2D eigenvalue weighted by molar-refractivity contribution is 0.102. The molecule has 0 atom stereocenters. The standard InChI is InChI=1S/C21H20N2O4S/c1-2-9-25-16-6-3-14(4-7-16)17-13-28-21(22-17)23-20(24)15-5-8-18-19(12-15)27-11-10-26-18/h3-8,12-13H,2,9-11H2,1H3,(H,22,23,24). The van der Waals surface area contributed by atoms with Gasteiger partial charge in [0.1, 0.15) is 19.0 Å². The molecule has 28 heavy (non-hydrogen) atoms. The summed E-state index contributed by atoms with van der Waals surface area (Å²) in [6, 6.07) is 12.9. The van der Waals surface area contributed by atoms with E-state index in [-0.39, 0.29) is 5.91 Å². The van der Waals surface area contributed by atoms with Crippen molar-refractivity contribution in [1.82, 2.24) is 4.98 Å². The number of thiazole rings is 1. The van der Waals surface area contributed by atoms with E-state index in [0.29, 0.717) is 42.0 Å². The summed E-state index contributed by atoms with van der Waals surface area (Å²) in [6.07, 6.45) is 0.972. The zero-order chi connectivity index (χ0) is 19.3. The van der Waals surface area contributed by atoms with E-state index in [0.717, 1.165) is 23.4 Å². The summed E-state index contributed by atoms with van der Waals surface area (Å²) in [7, 11) is 0. The first-order valence-electron chi connectivity index (χ1n) is 9.12. The van der Waals surface area contributed by atoms with Crippen LogP contribution in [0.15, 0.2) is 47.8 Å². The molecule has 0 unspecified atom stereocenters. The summed E-state index contributed by atoms with van der Waals surface area (Å²) < 4.78 is 16.6. The van der Waals surface area contributed by atoms with Crippen LogP contribution < -0.4 is 19.5 Å². The van der Waals surface area contributed by atoms with Crippen molar-refractivity contribution in [3.8, 4) is 28.5 Å². The number of fused-ring (bicyclic) bond motifs is 1. The van der Waals surface area contributed by atoms with E-state index in [1.165, 1.54) is 11.3 Å². The Balaban J connectivity index is 1.43. The minimum Gasteiger partial charge on any atom is -0.494 e. The van der Waals surface area contributed by atoms with Crippen LogP contribution >= 0.6 is 11.3 Å². The number of hydrogen-bond acceptors (Lipinski definition) is 6. The highest BCUT2D eigenvalue weighted by molar-refractivity contribution is 7.14. The third-order valence-corrected chi connectivity index (χ3v) is 4.91. The number of amides is 1. The summed E-state index contributed by atoms with van der Waals surface area (Å²) >= 11 is 1.38. The molecule has 2 aromatic carbocycles. The smallest absolute Gasteiger partial charge is 0.257 e. The van der Waals surface area contributed by atoms with Crippen molar-refractivity contribution in [1.29, 1.82) is 0 Å². The van der Waals surface area contributed by atoms with E-state index in [1.54, 1.807) is 18.2 Å². The van der Waals surface area contributed by atoms with Crippen molar-refractivity contribution in [2.24, 2.45) is 0 Å². The van der Waals surface area contributed by atoms with Crippen LogP contribution in [0.1, 0.15) is 23.7 Å². The molecule has 7 heteroatoms. The number of nitrogens with zero attached hydrogens (tertiary/aromatic N) is 1. The Hall–Kier alpha value is -3.06. The number of ether oxygens (including phenoxy) is 3. The average Bonchev–Trinajstić information content (AvgIpc) is 3.20. The highest BCUT2D eigenvalue weighted by Gasteiger charge is 2.16. The van der Waals surface area contributed by atoms with E-state index < -0.39 is 0 Å². The fourth-order valence-electron chi connectivity index (χ4n) is 2.76. The lowest BCUT2D eigenvalue weighted by Gasteiger charge is -2.18. The number of benzene rings is 2. The van der Waals surface area contributed by atoms with Crippen LogP contribution in [0.2, 0.25) is 0 Å². The third-order valence-electron chi connectivity index (χ3n) is 4.15. The molecule has 3 aromatic rings. The van der Waals surface area contributed by atoms with Gasteiger partial charge in [-0.1, -0.05) is 6.92 Å². The first kappa shape index (κ1) is 18.3. The molecular formula is C21H20N2O4S. The fraction of sp³-hybridized carbons (Fsp3) is 0.238. The molecule has 0 fully saturated rings. The second-order valence-electron chi connectivity index (χ2n) is 6.22. The first-order chi connectivity index (χ1) is 13.7. The maximum absolute atomic E-state index is 12.5. The highest BCUT2D eigenvalue weighted by Crippen LogP contribution is 2.31. The van der Waals surface area contributed by atoms with Gasteiger partial charge in [-0.25, -0.2) is 4.98 Å². The fourth-order valence-corrected chi connectivity index (χ4v) is 3.47. The molecule has 1 N–H and O–H groups in total. The minimum absolute atomic E-state index is 0.235. The van der Waals surface area contributed by atoms with Crippen molar-refractivity contribution in [3.05, 3.63) is 53.4 Å². The Kier molecular flexibility index (Phi) is 5.43. The van der Waals surface area contributed by atoms with Gasteiger partial charge in [0.2, 0.25) is 0 Å². The van der Waals surface area contributed by atoms with Gasteiger partial charge in [-0.2, -0.15) is 0 Å². The number of aromatic nitrogens is 1. The number of anilines is 1. The van der Waals surface area contributed by atoms with Gasteiger partial charge in [-0.3, -0.25) is 10.1 Å². The van der Waals surface area contributed by atoms with Gasteiger partial charge in [-0.15, -0.1) is 11.3 Å². The van der Waals surface area contributed by atoms with Gasteiger partial charge in [-0.05, 0) is 48.9 Å². The summed E-state index contributed by atoms with van der Waals surface area (Å²) in [5.41, 5.74) is 2.28. The topological polar surface area (TPSA) is 69.7 Å². The Morgan fingerprint density at radius 2 is 1.93 bits per heavy atom. The number of rotatable bonds is 6. The van der Waals surface area contributed by atoms with Crippen molar-refractivity contribution in [2.75, 3.05) is 25.1 Å². The molecule has 6 nitrogen and oxygen atoms in total. The van der Waals surface area contributed by atoms with Crippen LogP contribution in [0.4, 0.5) is 5.13 Å². The third kappa shape index (κ3) is 4.09. The molecule has 0 bridgehead atoms. The van der Waals surface area contributed by atoms with Crippen LogP contribution in [-0.2, 0) is 0 Å². The SMILES string of the molecule is CCCOc1ccc(-c2csc(NC(=O)c3ccc4c(c3)OCCO4)n2)cc1. The van der Waals surface area contributed by atoms with Gasteiger partial charge in [0.05, 0.1) is 12.3 Å². The predicted octanol–water partition coefficient (Wildman–Crippen LogP) is 4.62. The normalized spacial score (nSPS) is 12.5. The largest absolute Gasteiger partial charge is 0.494 e. The summed E-state index contributed by atoms with van der Waals surface area (Å²) in [6.45, 7) is 3.78. The highest BCUT2D eigenvalue weighted by atomic mass is 32.1. The van der Waals surface area contributed by atoms with Gasteiger partial charge < -0.3 is 14.2 Å². The maximum atomic E-state index is 12.5. The van der Waals surface area contributed by atoms with E-state index >= 15 is 0 Å². The Morgan fingerprint density at radius 1 is 1.14 bits per heavy atom. The monoisotopic (exact) mass is 396 g/mol. The van der Waals surface area contributed by atoms with Gasteiger partial charge >= 0.3 is 0 Å². The molecule has 1 aromatic heterocycles.